The molecule has 0 heterocycles. The van der Waals surface area contributed by atoms with Crippen molar-refractivity contribution in [2.45, 2.75) is 46.0 Å². The van der Waals surface area contributed by atoms with Crippen molar-refractivity contribution in [2.75, 3.05) is 45.9 Å². The predicted molar refractivity (Wildman–Crippen MR) is 94.2 cm³/mol. The molecule has 5 N–H and O–H groups in total. The fourth-order valence-corrected chi connectivity index (χ4v) is 2.98. The van der Waals surface area contributed by atoms with Gasteiger partial charge in [0.1, 0.15) is 13.2 Å². The summed E-state index contributed by atoms with van der Waals surface area (Å²) in [5, 5.41) is 2.92. The van der Waals surface area contributed by atoms with Gasteiger partial charge in [-0.15, -0.1) is 0 Å². The van der Waals surface area contributed by atoms with Crippen LogP contribution in [0.5, 0.6) is 0 Å². The fourth-order valence-electron chi connectivity index (χ4n) is 2.66. The van der Waals surface area contributed by atoms with E-state index in [1.54, 1.807) is 0 Å². The number of phosphoric ester groups is 1. The van der Waals surface area contributed by atoms with E-state index in [0.717, 1.165) is 45.3 Å². The van der Waals surface area contributed by atoms with Gasteiger partial charge in [-0.05, 0) is 33.2 Å². The summed E-state index contributed by atoms with van der Waals surface area (Å²) in [4.78, 5) is 29.2. The lowest BCUT2D eigenvalue weighted by Gasteiger charge is -2.36. The molecule has 9 heteroatoms. The Morgan fingerprint density at radius 1 is 1.12 bits per heavy atom. The van der Waals surface area contributed by atoms with Gasteiger partial charge in [0.05, 0.1) is 19.6 Å². The highest BCUT2D eigenvalue weighted by atomic mass is 31.2. The normalized spacial score (nSPS) is 12.4. The van der Waals surface area contributed by atoms with Crippen molar-refractivity contribution in [1.29, 1.82) is 0 Å². The number of hydrogen-bond donors (Lipinski definition) is 4. The van der Waals surface area contributed by atoms with Crippen LogP contribution in [0.15, 0.2) is 0 Å². The lowest BCUT2D eigenvalue weighted by atomic mass is 10.2. The molecule has 0 aliphatic heterocycles. The Bertz CT molecular complexity index is 385. The molecule has 0 radical (unpaired) electrons. The summed E-state index contributed by atoms with van der Waals surface area (Å²) in [5.74, 6) is 0.0722. The zero-order chi connectivity index (χ0) is 18.5. The van der Waals surface area contributed by atoms with Gasteiger partial charge in [0.25, 0.3) is 0 Å². The molecule has 0 aromatic heterocycles. The van der Waals surface area contributed by atoms with Gasteiger partial charge in [-0.25, -0.2) is 4.57 Å². The van der Waals surface area contributed by atoms with E-state index in [9.17, 15) is 9.36 Å². The van der Waals surface area contributed by atoms with Crippen molar-refractivity contribution in [3.8, 4) is 0 Å². The number of quaternary nitrogens is 1. The van der Waals surface area contributed by atoms with Gasteiger partial charge in [-0.1, -0.05) is 6.42 Å². The van der Waals surface area contributed by atoms with Gasteiger partial charge in [0.2, 0.25) is 5.91 Å². The number of likely N-dealkylation sites (N-methyl/N-ethyl adjacent to an activating group) is 1. The quantitative estimate of drug-likeness (QED) is 0.194. The number of phosphoric acid groups is 1. The number of hydrogen-bond acceptors (Lipinski definition) is 4. The topological polar surface area (TPSA) is 122 Å². The van der Waals surface area contributed by atoms with E-state index < -0.39 is 7.82 Å². The first-order valence-corrected chi connectivity index (χ1v) is 10.3. The van der Waals surface area contributed by atoms with E-state index in [-0.39, 0.29) is 12.5 Å². The number of carbonyl (C=O) groups is 1. The Morgan fingerprint density at radius 2 is 1.79 bits per heavy atom. The minimum atomic E-state index is -4.41. The molecule has 0 aromatic rings. The van der Waals surface area contributed by atoms with Crippen LogP contribution in [0.3, 0.4) is 0 Å². The monoisotopic (exact) mass is 368 g/mol. The lowest BCUT2D eigenvalue weighted by Crippen LogP contribution is -2.51. The van der Waals surface area contributed by atoms with Gasteiger partial charge < -0.3 is 25.3 Å². The second kappa shape index (κ2) is 12.8. The molecule has 8 nitrogen and oxygen atoms in total. The van der Waals surface area contributed by atoms with Crippen LogP contribution < -0.4 is 11.1 Å². The summed E-state index contributed by atoms with van der Waals surface area (Å²) in [6.07, 6.45) is 4.17. The predicted octanol–water partition coefficient (Wildman–Crippen LogP) is 0.978. The molecular formula is C15H35N3O5P+. The standard InChI is InChI=1S/C15H34N3O5P/c1-3-18(4-2,13-14-23-24(20,21)22)12-8-11-17-15(19)9-6-5-7-10-16/h3-14,16H2,1-2H3,(H2-,17,19,20,21,22)/p+1. The van der Waals surface area contributed by atoms with Crippen molar-refractivity contribution >= 4 is 13.7 Å². The number of unbranched alkanes of at least 4 members (excludes halogenated alkanes) is 2. The molecule has 0 aliphatic carbocycles. The molecule has 0 spiro atoms. The number of nitrogens with zero attached hydrogens (tertiary/aromatic N) is 1. The van der Waals surface area contributed by atoms with Gasteiger partial charge >= 0.3 is 7.82 Å². The maximum atomic E-state index is 11.7. The number of nitrogens with two attached hydrogens (primary N) is 1. The summed E-state index contributed by atoms with van der Waals surface area (Å²) in [5.41, 5.74) is 5.41. The molecular weight excluding hydrogens is 333 g/mol. The second-order valence-electron chi connectivity index (χ2n) is 6.05. The van der Waals surface area contributed by atoms with Crippen molar-refractivity contribution in [3.05, 3.63) is 0 Å². The highest BCUT2D eigenvalue weighted by molar-refractivity contribution is 7.46. The molecule has 0 unspecified atom stereocenters. The summed E-state index contributed by atoms with van der Waals surface area (Å²) in [6.45, 7) is 8.52. The SMILES string of the molecule is CC[N+](CC)(CCCNC(=O)CCCCCN)CCOP(=O)(O)O. The van der Waals surface area contributed by atoms with E-state index >= 15 is 0 Å². The Hall–Kier alpha value is -0.500. The third kappa shape index (κ3) is 11.9. The lowest BCUT2D eigenvalue weighted by molar-refractivity contribution is -0.925. The molecule has 0 rings (SSSR count). The van der Waals surface area contributed by atoms with Crippen LogP contribution in [-0.2, 0) is 13.9 Å². The van der Waals surface area contributed by atoms with Crippen LogP contribution in [-0.4, -0.2) is 66.1 Å². The maximum Gasteiger partial charge on any atom is 0.469 e. The second-order valence-corrected chi connectivity index (χ2v) is 7.29. The Labute approximate surface area is 145 Å². The van der Waals surface area contributed by atoms with Gasteiger partial charge in [0.15, 0.2) is 0 Å². The Morgan fingerprint density at radius 3 is 2.33 bits per heavy atom. The summed E-state index contributed by atoms with van der Waals surface area (Å²) in [7, 11) is -4.41. The van der Waals surface area contributed by atoms with Crippen LogP contribution in [0.4, 0.5) is 0 Å². The van der Waals surface area contributed by atoms with Crippen molar-refractivity contribution < 1.29 is 28.2 Å². The molecule has 1 amide bonds. The van der Waals surface area contributed by atoms with E-state index in [1.807, 2.05) is 0 Å². The van der Waals surface area contributed by atoms with E-state index in [2.05, 4.69) is 23.7 Å². The van der Waals surface area contributed by atoms with Gasteiger partial charge in [-0.2, -0.15) is 0 Å². The molecule has 0 saturated heterocycles. The zero-order valence-corrected chi connectivity index (χ0v) is 16.0. The van der Waals surface area contributed by atoms with Crippen molar-refractivity contribution in [2.24, 2.45) is 5.73 Å². The average molecular weight is 368 g/mol. The van der Waals surface area contributed by atoms with Crippen LogP contribution in [0.1, 0.15) is 46.0 Å². The fraction of sp³-hybridized carbons (Fsp3) is 0.933. The number of nitrogens with one attached hydrogen (secondary N) is 1. The van der Waals surface area contributed by atoms with Crippen LogP contribution in [0.25, 0.3) is 0 Å². The molecule has 0 fully saturated rings. The highest BCUT2D eigenvalue weighted by Gasteiger charge is 2.24. The first kappa shape index (κ1) is 23.5. The summed E-state index contributed by atoms with van der Waals surface area (Å²) >= 11 is 0. The van der Waals surface area contributed by atoms with Gasteiger partial charge in [-0.3, -0.25) is 9.32 Å². The maximum absolute atomic E-state index is 11.7. The van der Waals surface area contributed by atoms with E-state index in [1.165, 1.54) is 0 Å². The first-order valence-electron chi connectivity index (χ1n) is 8.80. The first-order chi connectivity index (χ1) is 11.3. The highest BCUT2D eigenvalue weighted by Crippen LogP contribution is 2.35. The molecule has 144 valence electrons. The molecule has 0 aliphatic rings. The average Bonchev–Trinajstić information content (AvgIpc) is 2.53. The number of rotatable bonds is 15. The summed E-state index contributed by atoms with van der Waals surface area (Å²) < 4.78 is 16.1. The minimum absolute atomic E-state index is 0.0272. The number of carbonyl (C=O) groups excluding carboxylic acids is 1. The zero-order valence-electron chi connectivity index (χ0n) is 15.1. The van der Waals surface area contributed by atoms with Crippen molar-refractivity contribution in [1.82, 2.24) is 5.32 Å². The molecule has 0 saturated carbocycles. The third-order valence-corrected chi connectivity index (χ3v) is 4.93. The van der Waals surface area contributed by atoms with Crippen LogP contribution in [0.2, 0.25) is 0 Å². The van der Waals surface area contributed by atoms with Gasteiger partial charge in [0, 0.05) is 19.4 Å². The smallest absolute Gasteiger partial charge is 0.356 e. The van der Waals surface area contributed by atoms with E-state index in [4.69, 9.17) is 15.5 Å². The largest absolute Gasteiger partial charge is 0.469 e. The molecule has 0 bridgehead atoms. The Kier molecular flexibility index (Phi) is 12.5. The van der Waals surface area contributed by atoms with E-state index in [0.29, 0.717) is 30.5 Å². The summed E-state index contributed by atoms with van der Waals surface area (Å²) in [6, 6.07) is 0. The van der Waals surface area contributed by atoms with Crippen molar-refractivity contribution in [3.63, 3.8) is 0 Å². The molecule has 0 aromatic carbocycles. The van der Waals surface area contributed by atoms with Crippen LogP contribution >= 0.6 is 7.82 Å². The number of amides is 1. The molecule has 0 atom stereocenters. The molecule has 24 heavy (non-hydrogen) atoms. The third-order valence-electron chi connectivity index (χ3n) is 4.41. The minimum Gasteiger partial charge on any atom is -0.356 e. The Balaban J connectivity index is 4.03. The van der Waals surface area contributed by atoms with Crippen LogP contribution in [0, 0.1) is 0 Å².